The van der Waals surface area contributed by atoms with Crippen LogP contribution in [-0.4, -0.2) is 51.0 Å². The van der Waals surface area contributed by atoms with E-state index in [-0.39, 0.29) is 5.65 Å². The molecule has 0 aromatic carbocycles. The number of thiazole rings is 1. The summed E-state index contributed by atoms with van der Waals surface area (Å²) < 4.78 is 39.8. The number of alkyl halides is 3. The normalized spacial score (nSPS) is 15.9. The smallest absolute Gasteiger partial charge is 0.352 e. The summed E-state index contributed by atoms with van der Waals surface area (Å²) in [5, 5.41) is 11.8. The Morgan fingerprint density at radius 2 is 1.69 bits per heavy atom. The van der Waals surface area contributed by atoms with Crippen molar-refractivity contribution in [1.82, 2.24) is 24.8 Å². The lowest BCUT2D eigenvalue weighted by Gasteiger charge is -2.35. The van der Waals surface area contributed by atoms with Gasteiger partial charge in [0.2, 0.25) is 0 Å². The van der Waals surface area contributed by atoms with E-state index in [1.54, 1.807) is 17.4 Å². The number of rotatable bonds is 2. The van der Waals surface area contributed by atoms with E-state index in [1.807, 2.05) is 18.7 Å². The minimum absolute atomic E-state index is 0.0773. The van der Waals surface area contributed by atoms with Crippen LogP contribution in [0.4, 0.5) is 24.1 Å². The molecule has 4 heterocycles. The monoisotopic (exact) mass is 383 g/mol. The van der Waals surface area contributed by atoms with Crippen LogP contribution in [0.3, 0.4) is 0 Å². The van der Waals surface area contributed by atoms with E-state index in [1.165, 1.54) is 10.9 Å². The van der Waals surface area contributed by atoms with Crippen LogP contribution in [-0.2, 0) is 6.18 Å². The van der Waals surface area contributed by atoms with Gasteiger partial charge < -0.3 is 9.80 Å². The van der Waals surface area contributed by atoms with Gasteiger partial charge in [-0.25, -0.2) is 4.98 Å². The molecule has 0 spiro atoms. The van der Waals surface area contributed by atoms with Gasteiger partial charge in [0.1, 0.15) is 5.82 Å². The van der Waals surface area contributed by atoms with Crippen LogP contribution in [0.2, 0.25) is 0 Å². The van der Waals surface area contributed by atoms with Gasteiger partial charge >= 0.3 is 6.18 Å². The zero-order valence-electron chi connectivity index (χ0n) is 14.2. The van der Waals surface area contributed by atoms with Crippen LogP contribution in [0.5, 0.6) is 0 Å². The molecule has 1 aliphatic rings. The molecule has 11 heteroatoms. The van der Waals surface area contributed by atoms with Crippen LogP contribution in [0.15, 0.2) is 12.1 Å². The summed E-state index contributed by atoms with van der Waals surface area (Å²) in [4.78, 5) is 9.92. The van der Waals surface area contributed by atoms with E-state index in [4.69, 9.17) is 0 Å². The molecule has 4 rings (SSSR count). The third-order valence-electron chi connectivity index (χ3n) is 4.39. The molecule has 0 atom stereocenters. The quantitative estimate of drug-likeness (QED) is 0.678. The number of nitrogens with zero attached hydrogens (tertiary/aromatic N) is 7. The Morgan fingerprint density at radius 3 is 2.31 bits per heavy atom. The molecule has 1 aliphatic heterocycles. The Kier molecular flexibility index (Phi) is 3.98. The zero-order valence-corrected chi connectivity index (χ0v) is 15.0. The van der Waals surface area contributed by atoms with Gasteiger partial charge in [-0.2, -0.15) is 17.7 Å². The molecule has 1 saturated heterocycles. The topological polar surface area (TPSA) is 62.5 Å². The molecule has 26 heavy (non-hydrogen) atoms. The number of fused-ring (bicyclic) bond motifs is 1. The summed E-state index contributed by atoms with van der Waals surface area (Å²) in [7, 11) is 0. The molecule has 0 radical (unpaired) electrons. The maximum Gasteiger partial charge on any atom is 0.453 e. The Morgan fingerprint density at radius 1 is 1.00 bits per heavy atom. The minimum atomic E-state index is -4.59. The van der Waals surface area contributed by atoms with E-state index >= 15 is 0 Å². The first-order chi connectivity index (χ1) is 12.3. The summed E-state index contributed by atoms with van der Waals surface area (Å²) in [6, 6.07) is 3.18. The van der Waals surface area contributed by atoms with Crippen molar-refractivity contribution < 1.29 is 13.2 Å². The number of halogens is 3. The molecule has 0 amide bonds. The minimum Gasteiger partial charge on any atom is -0.352 e. The number of anilines is 2. The molecular formula is C15H16F3N7S. The number of aryl methyl sites for hydroxylation is 2. The molecule has 138 valence electrons. The van der Waals surface area contributed by atoms with Crippen molar-refractivity contribution in [3.8, 4) is 0 Å². The summed E-state index contributed by atoms with van der Waals surface area (Å²) in [6.45, 7) is 6.81. The molecule has 3 aromatic rings. The van der Waals surface area contributed by atoms with Gasteiger partial charge in [-0.15, -0.1) is 26.6 Å². The average Bonchev–Trinajstić information content (AvgIpc) is 3.18. The van der Waals surface area contributed by atoms with Gasteiger partial charge in [0.25, 0.3) is 5.82 Å². The fourth-order valence-electron chi connectivity index (χ4n) is 2.84. The third kappa shape index (κ3) is 2.96. The molecule has 0 saturated carbocycles. The summed E-state index contributed by atoms with van der Waals surface area (Å²) in [5.41, 5.74) is 1.11. The molecular weight excluding hydrogens is 367 g/mol. The van der Waals surface area contributed by atoms with E-state index in [9.17, 15) is 13.2 Å². The lowest BCUT2D eigenvalue weighted by molar-refractivity contribution is -0.146. The van der Waals surface area contributed by atoms with Crippen molar-refractivity contribution >= 4 is 27.9 Å². The number of hydrogen-bond donors (Lipinski definition) is 0. The molecule has 0 unspecified atom stereocenters. The number of hydrogen-bond acceptors (Lipinski definition) is 7. The molecule has 1 fully saturated rings. The third-order valence-corrected chi connectivity index (χ3v) is 5.53. The van der Waals surface area contributed by atoms with Crippen LogP contribution in [0.25, 0.3) is 5.65 Å². The van der Waals surface area contributed by atoms with Crippen molar-refractivity contribution in [2.75, 3.05) is 36.0 Å². The maximum absolute atomic E-state index is 13.0. The second-order valence-electron chi connectivity index (χ2n) is 6.10. The largest absolute Gasteiger partial charge is 0.453 e. The van der Waals surface area contributed by atoms with Gasteiger partial charge in [-0.3, -0.25) is 0 Å². The van der Waals surface area contributed by atoms with Gasteiger partial charge in [-0.1, -0.05) is 0 Å². The van der Waals surface area contributed by atoms with Crippen molar-refractivity contribution in [1.29, 1.82) is 0 Å². The highest BCUT2D eigenvalue weighted by Crippen LogP contribution is 2.29. The molecule has 0 aliphatic carbocycles. The first-order valence-corrected chi connectivity index (χ1v) is 8.88. The summed E-state index contributed by atoms with van der Waals surface area (Å²) in [5.74, 6) is -0.629. The second kappa shape index (κ2) is 6.08. The van der Waals surface area contributed by atoms with Gasteiger partial charge in [0.15, 0.2) is 10.8 Å². The standard InChI is InChI=1S/C15H16F3N7S/c1-9-10(2)26-14(19-9)24-7-5-23(6-8-24)12-4-3-11-20-21-13(15(16,17)18)25(11)22-12/h3-4H,5-8H2,1-2H3. The maximum atomic E-state index is 13.0. The summed E-state index contributed by atoms with van der Waals surface area (Å²) >= 11 is 1.66. The Hall–Kier alpha value is -2.43. The second-order valence-corrected chi connectivity index (χ2v) is 7.28. The van der Waals surface area contributed by atoms with Crippen LogP contribution < -0.4 is 9.80 Å². The fraction of sp³-hybridized carbons (Fsp3) is 0.467. The number of piperazine rings is 1. The van der Waals surface area contributed by atoms with Crippen LogP contribution in [0.1, 0.15) is 16.4 Å². The van der Waals surface area contributed by atoms with Gasteiger partial charge in [0, 0.05) is 31.1 Å². The van der Waals surface area contributed by atoms with Gasteiger partial charge in [-0.05, 0) is 26.0 Å². The van der Waals surface area contributed by atoms with Crippen molar-refractivity contribution in [3.05, 3.63) is 28.5 Å². The van der Waals surface area contributed by atoms with E-state index in [2.05, 4.69) is 25.2 Å². The van der Waals surface area contributed by atoms with Crippen molar-refractivity contribution in [3.63, 3.8) is 0 Å². The highest BCUT2D eigenvalue weighted by molar-refractivity contribution is 7.15. The molecule has 7 nitrogen and oxygen atoms in total. The predicted octanol–water partition coefficient (Wildman–Crippen LogP) is 2.54. The highest BCUT2D eigenvalue weighted by atomic mass is 32.1. The lowest BCUT2D eigenvalue weighted by Crippen LogP contribution is -2.47. The SMILES string of the molecule is Cc1nc(N2CCN(c3ccc4nnc(C(F)(F)F)n4n3)CC2)sc1C. The summed E-state index contributed by atoms with van der Waals surface area (Å²) in [6.07, 6.45) is -4.59. The molecule has 3 aromatic heterocycles. The first kappa shape index (κ1) is 17.0. The first-order valence-electron chi connectivity index (χ1n) is 8.06. The Labute approximate surface area is 151 Å². The molecule has 0 N–H and O–H groups in total. The average molecular weight is 383 g/mol. The van der Waals surface area contributed by atoms with E-state index in [0.717, 1.165) is 28.4 Å². The lowest BCUT2D eigenvalue weighted by atomic mass is 10.3. The Bertz CT molecular complexity index is 921. The van der Waals surface area contributed by atoms with Gasteiger partial charge in [0.05, 0.1) is 5.69 Å². The van der Waals surface area contributed by atoms with Crippen molar-refractivity contribution in [2.45, 2.75) is 20.0 Å². The number of aromatic nitrogens is 5. The highest BCUT2D eigenvalue weighted by Gasteiger charge is 2.37. The predicted molar refractivity (Wildman–Crippen MR) is 91.8 cm³/mol. The van der Waals surface area contributed by atoms with Crippen LogP contribution in [0, 0.1) is 13.8 Å². The van der Waals surface area contributed by atoms with Crippen molar-refractivity contribution in [2.24, 2.45) is 0 Å². The Balaban J connectivity index is 1.54. The zero-order chi connectivity index (χ0) is 18.5. The van der Waals surface area contributed by atoms with Crippen LogP contribution >= 0.6 is 11.3 Å². The fourth-order valence-corrected chi connectivity index (χ4v) is 3.80. The van der Waals surface area contributed by atoms with E-state index in [0.29, 0.717) is 18.9 Å². The molecule has 0 bridgehead atoms. The van der Waals surface area contributed by atoms with E-state index < -0.39 is 12.0 Å².